The number of nitrogens with one attached hydrogen (secondary N) is 2. The Hall–Kier alpha value is -2.86. The maximum absolute atomic E-state index is 12.0. The average Bonchev–Trinajstić information content (AvgIpc) is 2.61. The summed E-state index contributed by atoms with van der Waals surface area (Å²) in [6, 6.07) is 16.5. The molecule has 6 nitrogen and oxygen atoms in total. The van der Waals surface area contributed by atoms with Gasteiger partial charge in [0.15, 0.2) is 6.61 Å². The maximum Gasteiger partial charge on any atom is 0.271 e. The van der Waals surface area contributed by atoms with Gasteiger partial charge in [0.25, 0.3) is 11.8 Å². The standard InChI is InChI=1S/C17H19N3O3/c18-20-16(21)12-23-15-8-6-14(7-9-15)17(22)19-11-10-13-4-2-1-3-5-13/h1-9H,10-12,18H2,(H,19,22)(H,20,21). The van der Waals surface area contributed by atoms with Gasteiger partial charge in [0.2, 0.25) is 0 Å². The highest BCUT2D eigenvalue weighted by Crippen LogP contribution is 2.12. The third-order valence-electron chi connectivity index (χ3n) is 3.19. The second kappa shape index (κ2) is 8.55. The van der Waals surface area contributed by atoms with E-state index < -0.39 is 5.91 Å². The molecule has 0 saturated heterocycles. The molecule has 0 heterocycles. The van der Waals surface area contributed by atoms with Crippen LogP contribution in [0.15, 0.2) is 54.6 Å². The number of rotatable bonds is 7. The Balaban J connectivity index is 1.79. The van der Waals surface area contributed by atoms with Gasteiger partial charge >= 0.3 is 0 Å². The van der Waals surface area contributed by atoms with E-state index in [9.17, 15) is 9.59 Å². The largest absolute Gasteiger partial charge is 0.484 e. The molecular weight excluding hydrogens is 294 g/mol. The number of hydrazine groups is 1. The summed E-state index contributed by atoms with van der Waals surface area (Å²) in [6.07, 6.45) is 0.780. The van der Waals surface area contributed by atoms with Crippen molar-refractivity contribution in [3.05, 3.63) is 65.7 Å². The third-order valence-corrected chi connectivity index (χ3v) is 3.19. The first-order chi connectivity index (χ1) is 11.2. The topological polar surface area (TPSA) is 93.4 Å². The lowest BCUT2D eigenvalue weighted by Gasteiger charge is -2.07. The quantitative estimate of drug-likeness (QED) is 0.404. The van der Waals surface area contributed by atoms with E-state index in [4.69, 9.17) is 10.6 Å². The molecule has 0 saturated carbocycles. The molecule has 0 aliphatic heterocycles. The van der Waals surface area contributed by atoms with Gasteiger partial charge in [0.1, 0.15) is 5.75 Å². The van der Waals surface area contributed by atoms with Crippen molar-refractivity contribution >= 4 is 11.8 Å². The Morgan fingerprint density at radius 2 is 1.70 bits per heavy atom. The molecule has 0 radical (unpaired) electrons. The van der Waals surface area contributed by atoms with E-state index in [0.29, 0.717) is 17.9 Å². The van der Waals surface area contributed by atoms with E-state index in [1.807, 2.05) is 35.8 Å². The van der Waals surface area contributed by atoms with Crippen LogP contribution in [-0.4, -0.2) is 25.0 Å². The van der Waals surface area contributed by atoms with Gasteiger partial charge in [0, 0.05) is 12.1 Å². The lowest BCUT2D eigenvalue weighted by molar-refractivity contribution is -0.123. The van der Waals surface area contributed by atoms with E-state index >= 15 is 0 Å². The molecule has 2 rings (SSSR count). The van der Waals surface area contributed by atoms with Crippen molar-refractivity contribution in [3.63, 3.8) is 0 Å². The highest BCUT2D eigenvalue weighted by Gasteiger charge is 2.06. The van der Waals surface area contributed by atoms with Gasteiger partial charge in [-0.2, -0.15) is 0 Å². The van der Waals surface area contributed by atoms with Crippen LogP contribution in [0.4, 0.5) is 0 Å². The van der Waals surface area contributed by atoms with Crippen molar-refractivity contribution in [3.8, 4) is 5.75 Å². The number of hydrogen-bond donors (Lipinski definition) is 3. The first-order valence-corrected chi connectivity index (χ1v) is 7.23. The van der Waals surface area contributed by atoms with Gasteiger partial charge in [0.05, 0.1) is 0 Å². The van der Waals surface area contributed by atoms with Gasteiger partial charge in [-0.3, -0.25) is 15.0 Å². The summed E-state index contributed by atoms with van der Waals surface area (Å²) in [7, 11) is 0. The Labute approximate surface area is 134 Å². The Morgan fingerprint density at radius 1 is 1.00 bits per heavy atom. The summed E-state index contributed by atoms with van der Waals surface area (Å²) in [5, 5.41) is 2.87. The predicted octanol–water partition coefficient (Wildman–Crippen LogP) is 1.03. The summed E-state index contributed by atoms with van der Waals surface area (Å²) in [6.45, 7) is 0.400. The van der Waals surface area contributed by atoms with Crippen LogP contribution in [0.2, 0.25) is 0 Å². The van der Waals surface area contributed by atoms with Crippen molar-refractivity contribution in [2.75, 3.05) is 13.2 Å². The minimum atomic E-state index is -0.423. The molecule has 0 bridgehead atoms. The number of hydrogen-bond acceptors (Lipinski definition) is 4. The average molecular weight is 313 g/mol. The van der Waals surface area contributed by atoms with E-state index in [1.54, 1.807) is 24.3 Å². The normalized spacial score (nSPS) is 9.96. The first kappa shape index (κ1) is 16.5. The Bertz CT molecular complexity index is 642. The first-order valence-electron chi connectivity index (χ1n) is 7.23. The predicted molar refractivity (Wildman–Crippen MR) is 86.7 cm³/mol. The lowest BCUT2D eigenvalue weighted by Crippen LogP contribution is -2.34. The summed E-state index contributed by atoms with van der Waals surface area (Å²) >= 11 is 0. The van der Waals surface area contributed by atoms with Crippen LogP contribution < -0.4 is 21.3 Å². The van der Waals surface area contributed by atoms with E-state index in [2.05, 4.69) is 5.32 Å². The molecule has 0 fully saturated rings. The number of carbonyl (C=O) groups is 2. The molecular formula is C17H19N3O3. The smallest absolute Gasteiger partial charge is 0.271 e. The SMILES string of the molecule is NNC(=O)COc1ccc(C(=O)NCCc2ccccc2)cc1. The van der Waals surface area contributed by atoms with Crippen LogP contribution in [0.1, 0.15) is 15.9 Å². The molecule has 0 aromatic heterocycles. The summed E-state index contributed by atoms with van der Waals surface area (Å²) in [5.74, 6) is 4.88. The lowest BCUT2D eigenvalue weighted by atomic mass is 10.1. The van der Waals surface area contributed by atoms with Gasteiger partial charge in [-0.25, -0.2) is 5.84 Å². The van der Waals surface area contributed by atoms with Crippen molar-refractivity contribution in [1.29, 1.82) is 0 Å². The zero-order valence-electron chi connectivity index (χ0n) is 12.6. The summed E-state index contributed by atoms with van der Waals surface area (Å²) in [4.78, 5) is 23.0. The van der Waals surface area contributed by atoms with Crippen LogP contribution in [-0.2, 0) is 11.2 Å². The molecule has 0 atom stereocenters. The van der Waals surface area contributed by atoms with E-state index in [0.717, 1.165) is 6.42 Å². The number of ether oxygens (including phenoxy) is 1. The van der Waals surface area contributed by atoms with Gasteiger partial charge in [-0.05, 0) is 36.2 Å². The van der Waals surface area contributed by atoms with Crippen molar-refractivity contribution in [2.45, 2.75) is 6.42 Å². The number of nitrogens with two attached hydrogens (primary N) is 1. The van der Waals surface area contributed by atoms with Gasteiger partial charge in [-0.1, -0.05) is 30.3 Å². The van der Waals surface area contributed by atoms with Crippen molar-refractivity contribution in [2.24, 2.45) is 5.84 Å². The number of benzene rings is 2. The van der Waals surface area contributed by atoms with Crippen LogP contribution in [0.3, 0.4) is 0 Å². The minimum Gasteiger partial charge on any atom is -0.484 e. The minimum absolute atomic E-state index is 0.146. The van der Waals surface area contributed by atoms with E-state index in [1.165, 1.54) is 5.56 Å². The van der Waals surface area contributed by atoms with Crippen molar-refractivity contribution in [1.82, 2.24) is 10.7 Å². The molecule has 2 aromatic rings. The number of amides is 2. The molecule has 120 valence electrons. The molecule has 0 spiro atoms. The Morgan fingerprint density at radius 3 is 2.35 bits per heavy atom. The molecule has 6 heteroatoms. The fourth-order valence-electron chi connectivity index (χ4n) is 1.96. The second-order valence-electron chi connectivity index (χ2n) is 4.87. The fraction of sp³-hybridized carbons (Fsp3) is 0.176. The highest BCUT2D eigenvalue weighted by atomic mass is 16.5. The monoisotopic (exact) mass is 313 g/mol. The molecule has 0 unspecified atom stereocenters. The highest BCUT2D eigenvalue weighted by molar-refractivity contribution is 5.94. The Kier molecular flexibility index (Phi) is 6.14. The van der Waals surface area contributed by atoms with Gasteiger partial charge < -0.3 is 10.1 Å². The molecule has 0 aliphatic rings. The molecule has 4 N–H and O–H groups in total. The second-order valence-corrected chi connectivity index (χ2v) is 4.87. The zero-order valence-corrected chi connectivity index (χ0v) is 12.6. The van der Waals surface area contributed by atoms with Gasteiger partial charge in [-0.15, -0.1) is 0 Å². The van der Waals surface area contributed by atoms with E-state index in [-0.39, 0.29) is 12.5 Å². The van der Waals surface area contributed by atoms with Crippen LogP contribution in [0.25, 0.3) is 0 Å². The van der Waals surface area contributed by atoms with Crippen LogP contribution in [0.5, 0.6) is 5.75 Å². The summed E-state index contributed by atoms with van der Waals surface area (Å²) in [5.41, 5.74) is 3.68. The van der Waals surface area contributed by atoms with Crippen LogP contribution >= 0.6 is 0 Å². The fourth-order valence-corrected chi connectivity index (χ4v) is 1.96. The van der Waals surface area contributed by atoms with Crippen molar-refractivity contribution < 1.29 is 14.3 Å². The summed E-state index contributed by atoms with van der Waals surface area (Å²) < 4.78 is 5.21. The maximum atomic E-state index is 12.0. The molecule has 2 amide bonds. The number of carbonyl (C=O) groups excluding carboxylic acids is 2. The molecule has 23 heavy (non-hydrogen) atoms. The van der Waals surface area contributed by atoms with Crippen LogP contribution in [0, 0.1) is 0 Å². The zero-order chi connectivity index (χ0) is 16.5. The molecule has 0 aliphatic carbocycles. The third kappa shape index (κ3) is 5.44. The molecule has 2 aromatic carbocycles.